The quantitative estimate of drug-likeness (QED) is 0.532. The van der Waals surface area contributed by atoms with Crippen LogP contribution in [0.25, 0.3) is 0 Å². The summed E-state index contributed by atoms with van der Waals surface area (Å²) in [5.41, 5.74) is 5.57. The Morgan fingerprint density at radius 3 is 2.75 bits per heavy atom. The summed E-state index contributed by atoms with van der Waals surface area (Å²) in [5, 5.41) is 0.939. The molecule has 0 saturated carbocycles. The van der Waals surface area contributed by atoms with E-state index in [1.165, 1.54) is 17.8 Å². The Balaban J connectivity index is 2.04. The molecule has 0 aromatic carbocycles. The first-order valence-electron chi connectivity index (χ1n) is 4.30. The molecular formula is C9H7Cl2N3S2. The summed E-state index contributed by atoms with van der Waals surface area (Å²) >= 11 is 14.6. The van der Waals surface area contributed by atoms with Gasteiger partial charge in [-0.3, -0.25) is 0 Å². The average molecular weight is 292 g/mol. The van der Waals surface area contributed by atoms with Gasteiger partial charge in [0.05, 0.1) is 4.34 Å². The van der Waals surface area contributed by atoms with Gasteiger partial charge in [0.1, 0.15) is 11.0 Å². The highest BCUT2D eigenvalue weighted by molar-refractivity contribution is 7.98. The van der Waals surface area contributed by atoms with Crippen LogP contribution < -0.4 is 5.73 Å². The lowest BCUT2D eigenvalue weighted by molar-refractivity contribution is 0.976. The molecule has 3 nitrogen and oxygen atoms in total. The van der Waals surface area contributed by atoms with Crippen molar-refractivity contribution in [2.45, 2.75) is 10.9 Å². The Hall–Kier alpha value is -0.490. The molecule has 2 N–H and O–H groups in total. The summed E-state index contributed by atoms with van der Waals surface area (Å²) in [5.74, 6) is 1.14. The highest BCUT2D eigenvalue weighted by Gasteiger charge is 2.04. The van der Waals surface area contributed by atoms with Crippen molar-refractivity contribution in [2.75, 3.05) is 5.73 Å². The van der Waals surface area contributed by atoms with Gasteiger partial charge in [0.25, 0.3) is 0 Å². The maximum Gasteiger partial charge on any atom is 0.191 e. The molecule has 0 aliphatic carbocycles. The molecule has 0 aliphatic heterocycles. The van der Waals surface area contributed by atoms with Crippen molar-refractivity contribution >= 4 is 52.1 Å². The van der Waals surface area contributed by atoms with Gasteiger partial charge < -0.3 is 5.73 Å². The lowest BCUT2D eigenvalue weighted by Crippen LogP contribution is -1.94. The minimum Gasteiger partial charge on any atom is -0.384 e. The molecule has 7 heteroatoms. The molecule has 2 aromatic rings. The van der Waals surface area contributed by atoms with Crippen molar-refractivity contribution in [3.8, 4) is 0 Å². The Morgan fingerprint density at radius 1 is 1.31 bits per heavy atom. The Labute approximate surface area is 111 Å². The topological polar surface area (TPSA) is 51.8 Å². The number of aromatic nitrogens is 2. The average Bonchev–Trinajstić information content (AvgIpc) is 2.60. The van der Waals surface area contributed by atoms with Crippen LogP contribution in [0.1, 0.15) is 4.88 Å². The molecule has 84 valence electrons. The van der Waals surface area contributed by atoms with Crippen LogP contribution in [-0.2, 0) is 5.75 Å². The van der Waals surface area contributed by atoms with Crippen molar-refractivity contribution in [1.29, 1.82) is 0 Å². The van der Waals surface area contributed by atoms with Gasteiger partial charge in [-0.05, 0) is 12.1 Å². The van der Waals surface area contributed by atoms with E-state index in [2.05, 4.69) is 9.97 Å². The lowest BCUT2D eigenvalue weighted by atomic mass is 10.5. The van der Waals surface area contributed by atoms with E-state index in [-0.39, 0.29) is 0 Å². The zero-order valence-electron chi connectivity index (χ0n) is 7.98. The number of nitrogen functional groups attached to an aromatic ring is 1. The normalized spacial score (nSPS) is 10.6. The van der Waals surface area contributed by atoms with Crippen molar-refractivity contribution in [2.24, 2.45) is 0 Å². The minimum atomic E-state index is 0.360. The predicted octanol–water partition coefficient (Wildman–Crippen LogP) is 3.72. The monoisotopic (exact) mass is 291 g/mol. The standard InChI is InChI=1S/C9H7Cl2N3S2/c10-6-3-8(12)14-9(13-6)15-4-5-1-2-7(11)16-5/h1-3H,4H2,(H2,12,13,14). The number of thiophene rings is 1. The fourth-order valence-electron chi connectivity index (χ4n) is 1.04. The summed E-state index contributed by atoms with van der Waals surface area (Å²) in [6.07, 6.45) is 0. The first-order chi connectivity index (χ1) is 7.63. The third-order valence-electron chi connectivity index (χ3n) is 1.67. The van der Waals surface area contributed by atoms with E-state index in [1.807, 2.05) is 12.1 Å². The summed E-state index contributed by atoms with van der Waals surface area (Å²) in [7, 11) is 0. The van der Waals surface area contributed by atoms with Crippen LogP contribution in [0.4, 0.5) is 5.82 Å². The third kappa shape index (κ3) is 3.25. The molecule has 0 aliphatic rings. The van der Waals surface area contributed by atoms with E-state index < -0.39 is 0 Å². The fraction of sp³-hybridized carbons (Fsp3) is 0.111. The molecule has 0 fully saturated rings. The molecule has 16 heavy (non-hydrogen) atoms. The summed E-state index contributed by atoms with van der Waals surface area (Å²) < 4.78 is 0.780. The Morgan fingerprint density at radius 2 is 2.12 bits per heavy atom. The second kappa shape index (κ2) is 5.23. The van der Waals surface area contributed by atoms with E-state index in [4.69, 9.17) is 28.9 Å². The molecule has 0 spiro atoms. The number of nitrogens with zero attached hydrogens (tertiary/aromatic N) is 2. The first kappa shape index (κ1) is 12.0. The molecule has 2 aromatic heterocycles. The maximum atomic E-state index is 5.83. The van der Waals surface area contributed by atoms with Gasteiger partial charge in [0.15, 0.2) is 5.16 Å². The van der Waals surface area contributed by atoms with Crippen molar-refractivity contribution in [1.82, 2.24) is 9.97 Å². The van der Waals surface area contributed by atoms with Crippen molar-refractivity contribution < 1.29 is 0 Å². The van der Waals surface area contributed by atoms with E-state index in [0.717, 1.165) is 15.0 Å². The molecule has 0 bridgehead atoms. The number of hydrogen-bond donors (Lipinski definition) is 1. The summed E-state index contributed by atoms with van der Waals surface area (Å²) in [4.78, 5) is 9.30. The Bertz CT molecular complexity index is 481. The number of anilines is 1. The van der Waals surface area contributed by atoms with Gasteiger partial charge in [0.2, 0.25) is 0 Å². The molecule has 2 rings (SSSR count). The van der Waals surface area contributed by atoms with Crippen molar-refractivity contribution in [3.05, 3.63) is 32.6 Å². The van der Waals surface area contributed by atoms with Gasteiger partial charge in [-0.2, -0.15) is 0 Å². The summed E-state index contributed by atoms with van der Waals surface area (Å²) in [6, 6.07) is 5.37. The van der Waals surface area contributed by atoms with Crippen molar-refractivity contribution in [3.63, 3.8) is 0 Å². The van der Waals surface area contributed by atoms with Gasteiger partial charge in [0, 0.05) is 16.7 Å². The van der Waals surface area contributed by atoms with E-state index >= 15 is 0 Å². The second-order valence-corrected chi connectivity index (χ2v) is 6.02. The molecular weight excluding hydrogens is 285 g/mol. The molecule has 0 saturated heterocycles. The maximum absolute atomic E-state index is 5.83. The van der Waals surface area contributed by atoms with Gasteiger partial charge in [-0.1, -0.05) is 35.0 Å². The lowest BCUT2D eigenvalue weighted by Gasteiger charge is -2.00. The van der Waals surface area contributed by atoms with E-state index in [1.54, 1.807) is 11.3 Å². The van der Waals surface area contributed by atoms with Crippen LogP contribution in [-0.4, -0.2) is 9.97 Å². The number of nitrogens with two attached hydrogens (primary N) is 1. The summed E-state index contributed by atoms with van der Waals surface area (Å²) in [6.45, 7) is 0. The van der Waals surface area contributed by atoms with Crippen LogP contribution in [0.5, 0.6) is 0 Å². The Kier molecular flexibility index (Phi) is 3.91. The van der Waals surface area contributed by atoms with Crippen LogP contribution in [0, 0.1) is 0 Å². The second-order valence-electron chi connectivity index (χ2n) is 2.89. The van der Waals surface area contributed by atoms with Crippen LogP contribution in [0.3, 0.4) is 0 Å². The first-order valence-corrected chi connectivity index (χ1v) is 6.86. The zero-order chi connectivity index (χ0) is 11.5. The number of hydrogen-bond acceptors (Lipinski definition) is 5. The largest absolute Gasteiger partial charge is 0.384 e. The third-order valence-corrected chi connectivity index (χ3v) is 4.17. The number of halogens is 2. The van der Waals surface area contributed by atoms with Crippen LogP contribution in [0.15, 0.2) is 23.4 Å². The fourth-order valence-corrected chi connectivity index (χ4v) is 3.28. The highest BCUT2D eigenvalue weighted by Crippen LogP contribution is 2.28. The predicted molar refractivity (Wildman–Crippen MR) is 70.3 cm³/mol. The smallest absolute Gasteiger partial charge is 0.191 e. The molecule has 0 unspecified atom stereocenters. The van der Waals surface area contributed by atoms with Gasteiger partial charge >= 0.3 is 0 Å². The molecule has 0 atom stereocenters. The van der Waals surface area contributed by atoms with Crippen LogP contribution in [0.2, 0.25) is 9.49 Å². The van der Waals surface area contributed by atoms with E-state index in [9.17, 15) is 0 Å². The number of rotatable bonds is 3. The molecule has 0 amide bonds. The molecule has 0 radical (unpaired) electrons. The SMILES string of the molecule is Nc1cc(Cl)nc(SCc2ccc(Cl)s2)n1. The molecule has 2 heterocycles. The van der Waals surface area contributed by atoms with Gasteiger partial charge in [-0.25, -0.2) is 9.97 Å². The van der Waals surface area contributed by atoms with Crippen LogP contribution >= 0.6 is 46.3 Å². The zero-order valence-corrected chi connectivity index (χ0v) is 11.1. The minimum absolute atomic E-state index is 0.360. The van der Waals surface area contributed by atoms with E-state index in [0.29, 0.717) is 16.1 Å². The van der Waals surface area contributed by atoms with Gasteiger partial charge in [-0.15, -0.1) is 11.3 Å². The highest BCUT2D eigenvalue weighted by atomic mass is 35.5. The number of thioether (sulfide) groups is 1.